The highest BCUT2D eigenvalue weighted by Crippen LogP contribution is 2.31. The van der Waals surface area contributed by atoms with Crippen LogP contribution in [0, 0.1) is 0 Å². The van der Waals surface area contributed by atoms with Crippen LogP contribution in [0.5, 0.6) is 0 Å². The molecule has 0 N–H and O–H groups in total. The Morgan fingerprint density at radius 1 is 1.11 bits per heavy atom. The lowest BCUT2D eigenvalue weighted by Gasteiger charge is -2.19. The largest absolute Gasteiger partial charge is 0.244 e. The van der Waals surface area contributed by atoms with Crippen LogP contribution in [0.25, 0.3) is 0 Å². The minimum Gasteiger partial charge on any atom is -0.207 e. The smallest absolute Gasteiger partial charge is 0.207 e. The lowest BCUT2D eigenvalue weighted by atomic mass is 10.2. The van der Waals surface area contributed by atoms with E-state index in [0.29, 0.717) is 23.7 Å². The quantitative estimate of drug-likeness (QED) is 0.771. The van der Waals surface area contributed by atoms with Crippen LogP contribution >= 0.6 is 34.8 Å². The number of rotatable bonds is 5. The van der Waals surface area contributed by atoms with E-state index in [2.05, 4.69) is 0 Å². The van der Waals surface area contributed by atoms with Gasteiger partial charge in [-0.25, -0.2) is 8.42 Å². The van der Waals surface area contributed by atoms with Crippen LogP contribution in [0.3, 0.4) is 0 Å². The zero-order valence-electron chi connectivity index (χ0n) is 10.1. The second-order valence-electron chi connectivity index (χ2n) is 3.60. The van der Waals surface area contributed by atoms with Crippen LogP contribution in [0.1, 0.15) is 19.4 Å². The van der Waals surface area contributed by atoms with Gasteiger partial charge in [-0.15, -0.1) is 11.6 Å². The molecule has 0 unspecified atom stereocenters. The number of halogens is 3. The Morgan fingerprint density at radius 3 is 2.11 bits per heavy atom. The van der Waals surface area contributed by atoms with Gasteiger partial charge in [0.15, 0.2) is 0 Å². The summed E-state index contributed by atoms with van der Waals surface area (Å²) in [7, 11) is -3.60. The van der Waals surface area contributed by atoms with Gasteiger partial charge < -0.3 is 0 Å². The predicted molar refractivity (Wildman–Crippen MR) is 76.1 cm³/mol. The molecule has 0 saturated carbocycles. The summed E-state index contributed by atoms with van der Waals surface area (Å²) in [6.45, 7) is 4.31. The highest BCUT2D eigenvalue weighted by molar-refractivity contribution is 7.89. The molecule has 7 heteroatoms. The van der Waals surface area contributed by atoms with E-state index in [1.165, 1.54) is 16.4 Å². The minimum atomic E-state index is -3.60. The van der Waals surface area contributed by atoms with E-state index >= 15 is 0 Å². The normalized spacial score (nSPS) is 12.1. The predicted octanol–water partition coefficient (Wildman–Crippen LogP) is 3.76. The van der Waals surface area contributed by atoms with Gasteiger partial charge in [-0.1, -0.05) is 37.0 Å². The molecule has 1 aromatic rings. The monoisotopic (exact) mass is 329 g/mol. The van der Waals surface area contributed by atoms with Crippen molar-refractivity contribution in [1.29, 1.82) is 0 Å². The highest BCUT2D eigenvalue weighted by atomic mass is 35.5. The first kappa shape index (κ1) is 16.1. The third kappa shape index (κ3) is 3.11. The summed E-state index contributed by atoms with van der Waals surface area (Å²) < 4.78 is 26.0. The summed E-state index contributed by atoms with van der Waals surface area (Å²) in [6.07, 6.45) is 0. The number of sulfonamides is 1. The molecule has 1 rings (SSSR count). The average Bonchev–Trinajstić information content (AvgIpc) is 2.30. The van der Waals surface area contributed by atoms with Gasteiger partial charge in [0, 0.05) is 24.0 Å². The average molecular weight is 331 g/mol. The summed E-state index contributed by atoms with van der Waals surface area (Å²) >= 11 is 17.6. The first-order valence-electron chi connectivity index (χ1n) is 5.42. The fraction of sp³-hybridized carbons (Fsp3) is 0.455. The standard InChI is InChI=1S/C11H14Cl3NO2S/c1-3-15(4-2)18(16,17)11-5-8(7-12)9(13)6-10(11)14/h5-6H,3-4,7H2,1-2H3. The molecule has 0 atom stereocenters. The summed E-state index contributed by atoms with van der Waals surface area (Å²) in [4.78, 5) is 0.0490. The van der Waals surface area contributed by atoms with Crippen molar-refractivity contribution < 1.29 is 8.42 Å². The van der Waals surface area contributed by atoms with E-state index in [1.807, 2.05) is 0 Å². The lowest BCUT2D eigenvalue weighted by molar-refractivity contribution is 0.445. The van der Waals surface area contributed by atoms with Crippen molar-refractivity contribution in [2.45, 2.75) is 24.6 Å². The van der Waals surface area contributed by atoms with Crippen LogP contribution in [0.2, 0.25) is 10.0 Å². The molecule has 0 aliphatic rings. The highest BCUT2D eigenvalue weighted by Gasteiger charge is 2.25. The van der Waals surface area contributed by atoms with Crippen molar-refractivity contribution >= 4 is 44.8 Å². The second kappa shape index (κ2) is 6.44. The van der Waals surface area contributed by atoms with Crippen molar-refractivity contribution in [3.8, 4) is 0 Å². The first-order valence-corrected chi connectivity index (χ1v) is 8.15. The minimum absolute atomic E-state index is 0.0490. The molecule has 18 heavy (non-hydrogen) atoms. The van der Waals surface area contributed by atoms with Crippen molar-refractivity contribution in [2.24, 2.45) is 0 Å². The zero-order chi connectivity index (χ0) is 13.9. The maximum absolute atomic E-state index is 12.4. The number of benzene rings is 1. The number of hydrogen-bond donors (Lipinski definition) is 0. The molecule has 0 fully saturated rings. The van der Waals surface area contributed by atoms with Crippen molar-refractivity contribution in [2.75, 3.05) is 13.1 Å². The topological polar surface area (TPSA) is 37.4 Å². The van der Waals surface area contributed by atoms with Crippen molar-refractivity contribution in [3.63, 3.8) is 0 Å². The molecule has 0 aromatic heterocycles. The molecule has 102 valence electrons. The maximum Gasteiger partial charge on any atom is 0.244 e. The Balaban J connectivity index is 3.41. The number of nitrogens with zero attached hydrogens (tertiary/aromatic N) is 1. The lowest BCUT2D eigenvalue weighted by Crippen LogP contribution is -2.30. The Morgan fingerprint density at radius 2 is 1.67 bits per heavy atom. The third-order valence-corrected chi connectivity index (χ3v) is 5.72. The maximum atomic E-state index is 12.4. The fourth-order valence-corrected chi connectivity index (χ4v) is 4.16. The summed E-state index contributed by atoms with van der Waals surface area (Å²) in [5.41, 5.74) is 0.550. The van der Waals surface area contributed by atoms with Crippen molar-refractivity contribution in [1.82, 2.24) is 4.31 Å². The van der Waals surface area contributed by atoms with Gasteiger partial charge in [-0.05, 0) is 17.7 Å². The van der Waals surface area contributed by atoms with Gasteiger partial charge >= 0.3 is 0 Å². The van der Waals surface area contributed by atoms with Gasteiger partial charge in [0.05, 0.1) is 5.02 Å². The molecule has 0 bridgehead atoms. The van der Waals surface area contributed by atoms with E-state index < -0.39 is 10.0 Å². The van der Waals surface area contributed by atoms with Crippen LogP contribution in [-0.4, -0.2) is 25.8 Å². The molecule has 3 nitrogen and oxygen atoms in total. The molecule has 0 aliphatic carbocycles. The van der Waals surface area contributed by atoms with E-state index in [4.69, 9.17) is 34.8 Å². The van der Waals surface area contributed by atoms with Crippen LogP contribution < -0.4 is 0 Å². The van der Waals surface area contributed by atoms with Gasteiger partial charge in [0.25, 0.3) is 0 Å². The van der Waals surface area contributed by atoms with Gasteiger partial charge in [0.2, 0.25) is 10.0 Å². The summed E-state index contributed by atoms with van der Waals surface area (Å²) in [5, 5.41) is 0.481. The molecular formula is C11H14Cl3NO2S. The number of alkyl halides is 1. The Labute approximate surface area is 123 Å². The van der Waals surface area contributed by atoms with Crippen molar-refractivity contribution in [3.05, 3.63) is 27.7 Å². The van der Waals surface area contributed by atoms with E-state index in [-0.39, 0.29) is 15.8 Å². The SMILES string of the molecule is CCN(CC)S(=O)(=O)c1cc(CCl)c(Cl)cc1Cl. The third-order valence-electron chi connectivity index (χ3n) is 2.57. The van der Waals surface area contributed by atoms with Gasteiger partial charge in [-0.2, -0.15) is 4.31 Å². The molecule has 1 aromatic carbocycles. The summed E-state index contributed by atoms with van der Waals surface area (Å²) in [6, 6.07) is 2.85. The van der Waals surface area contributed by atoms with E-state index in [1.54, 1.807) is 13.8 Å². The fourth-order valence-electron chi connectivity index (χ4n) is 1.57. The zero-order valence-corrected chi connectivity index (χ0v) is 13.2. The Hall–Kier alpha value is -0.000000000000000111. The Bertz CT molecular complexity index is 527. The second-order valence-corrected chi connectivity index (χ2v) is 6.59. The Kier molecular flexibility index (Phi) is 5.74. The molecule has 0 amide bonds. The molecule has 0 aliphatic heterocycles. The molecular weight excluding hydrogens is 317 g/mol. The molecule has 0 spiro atoms. The van der Waals surface area contributed by atoms with E-state index in [9.17, 15) is 8.42 Å². The van der Waals surface area contributed by atoms with E-state index in [0.717, 1.165) is 0 Å². The number of hydrogen-bond acceptors (Lipinski definition) is 2. The van der Waals surface area contributed by atoms with Crippen LogP contribution in [0.4, 0.5) is 0 Å². The van der Waals surface area contributed by atoms with Crippen LogP contribution in [-0.2, 0) is 15.9 Å². The molecule has 0 heterocycles. The van der Waals surface area contributed by atoms with Gasteiger partial charge in [0.1, 0.15) is 4.90 Å². The van der Waals surface area contributed by atoms with Crippen LogP contribution in [0.15, 0.2) is 17.0 Å². The molecule has 0 saturated heterocycles. The molecule has 0 radical (unpaired) electrons. The van der Waals surface area contributed by atoms with Gasteiger partial charge in [-0.3, -0.25) is 0 Å². The first-order chi connectivity index (χ1) is 8.38. The summed E-state index contributed by atoms with van der Waals surface area (Å²) in [5.74, 6) is 0.136.